The number of thiophene rings is 1. The van der Waals surface area contributed by atoms with Crippen molar-refractivity contribution in [2.45, 2.75) is 24.8 Å². The number of nitrogens with zero attached hydrogens (tertiary/aromatic N) is 2. The molecular weight excluding hydrogens is 368 g/mol. The molecule has 0 fully saturated rings. The van der Waals surface area contributed by atoms with Crippen LogP contribution in [-0.2, 0) is 5.75 Å². The van der Waals surface area contributed by atoms with E-state index < -0.39 is 0 Å². The largest absolute Gasteiger partial charge is 0.231 e. The van der Waals surface area contributed by atoms with Gasteiger partial charge in [-0.15, -0.1) is 11.3 Å². The van der Waals surface area contributed by atoms with Crippen molar-refractivity contribution in [3.05, 3.63) is 88.1 Å². The molecule has 0 saturated carbocycles. The van der Waals surface area contributed by atoms with Gasteiger partial charge in [-0.2, -0.15) is 0 Å². The Balaban J connectivity index is 1.51. The number of aryl methyl sites for hydroxylation is 2. The first-order valence-corrected chi connectivity index (χ1v) is 10.7. The predicted octanol–water partition coefficient (Wildman–Crippen LogP) is 6.77. The molecule has 0 N–H and O–H groups in total. The lowest BCUT2D eigenvalue weighted by Gasteiger charge is -2.04. The monoisotopic (exact) mass is 388 g/mol. The summed E-state index contributed by atoms with van der Waals surface area (Å²) < 4.78 is 1.33. The fourth-order valence-corrected chi connectivity index (χ4v) is 4.97. The van der Waals surface area contributed by atoms with Crippen molar-refractivity contribution in [2.75, 3.05) is 0 Å². The second-order valence-electron chi connectivity index (χ2n) is 6.40. The Labute approximate surface area is 168 Å². The van der Waals surface area contributed by atoms with Crippen LogP contribution in [0.25, 0.3) is 22.2 Å². The molecule has 27 heavy (non-hydrogen) atoms. The predicted molar refractivity (Wildman–Crippen MR) is 118 cm³/mol. The van der Waals surface area contributed by atoms with Crippen LogP contribution in [0.5, 0.6) is 0 Å². The second-order valence-corrected chi connectivity index (χ2v) is 8.43. The van der Waals surface area contributed by atoms with Crippen molar-refractivity contribution in [3.63, 3.8) is 0 Å². The number of hydrogen-bond acceptors (Lipinski definition) is 4. The fourth-order valence-electron chi connectivity index (χ4n) is 2.94. The van der Waals surface area contributed by atoms with Crippen molar-refractivity contribution in [1.82, 2.24) is 9.97 Å². The maximum absolute atomic E-state index is 4.69. The van der Waals surface area contributed by atoms with Gasteiger partial charge >= 0.3 is 0 Å². The molecule has 0 aliphatic rings. The first kappa shape index (κ1) is 18.0. The van der Waals surface area contributed by atoms with Crippen LogP contribution < -0.4 is 0 Å². The molecule has 0 bridgehead atoms. The summed E-state index contributed by atoms with van der Waals surface area (Å²) in [4.78, 5) is 10.4. The van der Waals surface area contributed by atoms with Gasteiger partial charge in [0.15, 0.2) is 5.16 Å². The van der Waals surface area contributed by atoms with Crippen molar-refractivity contribution in [1.29, 1.82) is 0 Å². The van der Waals surface area contributed by atoms with E-state index >= 15 is 0 Å². The van der Waals surface area contributed by atoms with E-state index in [-0.39, 0.29) is 0 Å². The van der Waals surface area contributed by atoms with Crippen LogP contribution in [0, 0.1) is 13.8 Å². The zero-order chi connectivity index (χ0) is 18.6. The Kier molecular flexibility index (Phi) is 5.37. The average molecular weight is 389 g/mol. The van der Waals surface area contributed by atoms with E-state index in [2.05, 4.69) is 84.5 Å². The summed E-state index contributed by atoms with van der Waals surface area (Å²) >= 11 is 3.50. The third kappa shape index (κ3) is 4.12. The van der Waals surface area contributed by atoms with Gasteiger partial charge in [0.05, 0.1) is 5.69 Å². The first-order chi connectivity index (χ1) is 13.2. The number of thioether (sulfide) groups is 1. The molecule has 2 nitrogen and oxygen atoms in total. The topological polar surface area (TPSA) is 25.8 Å². The van der Waals surface area contributed by atoms with E-state index in [1.807, 2.05) is 23.6 Å². The van der Waals surface area contributed by atoms with E-state index in [1.165, 1.54) is 31.7 Å². The summed E-state index contributed by atoms with van der Waals surface area (Å²) in [5, 5.41) is 2.15. The molecule has 0 aliphatic carbocycles. The molecule has 2 aromatic heterocycles. The average Bonchev–Trinajstić information content (AvgIpc) is 3.02. The third-order valence-corrected chi connectivity index (χ3v) is 6.71. The first-order valence-electron chi connectivity index (χ1n) is 8.87. The Morgan fingerprint density at radius 1 is 0.963 bits per heavy atom. The highest BCUT2D eigenvalue weighted by atomic mass is 32.2. The van der Waals surface area contributed by atoms with Gasteiger partial charge in [-0.25, -0.2) is 9.97 Å². The van der Waals surface area contributed by atoms with E-state index in [1.54, 1.807) is 11.8 Å². The van der Waals surface area contributed by atoms with Crippen LogP contribution in [0.4, 0.5) is 0 Å². The van der Waals surface area contributed by atoms with Gasteiger partial charge in [-0.1, -0.05) is 54.2 Å². The Hall–Kier alpha value is -2.43. The quantitative estimate of drug-likeness (QED) is 0.279. The molecule has 4 heteroatoms. The second kappa shape index (κ2) is 8.07. The fraction of sp³-hybridized carbons (Fsp3) is 0.130. The molecular formula is C23H20N2S2. The summed E-state index contributed by atoms with van der Waals surface area (Å²) in [5.41, 5.74) is 4.90. The van der Waals surface area contributed by atoms with Crippen molar-refractivity contribution >= 4 is 45.3 Å². The van der Waals surface area contributed by atoms with E-state index in [0.717, 1.165) is 16.6 Å². The molecule has 0 aliphatic heterocycles. The standard InChI is InChI=1S/C23H20N2S2/c1-16-7-3-4-8-18(16)15-26-23-24-14-13-19(25-23)11-12-21-17(2)20-9-5-6-10-22(20)27-21/h3-14H,15H2,1-2H3/b12-11+. The van der Waals surface area contributed by atoms with Gasteiger partial charge in [-0.05, 0) is 60.2 Å². The molecule has 0 radical (unpaired) electrons. The number of aromatic nitrogens is 2. The van der Waals surface area contributed by atoms with Crippen molar-refractivity contribution in [3.8, 4) is 0 Å². The SMILES string of the molecule is Cc1ccccc1CSc1nccc(/C=C/c2sc3ccccc3c2C)n1. The summed E-state index contributed by atoms with van der Waals surface area (Å²) in [5.74, 6) is 0.884. The summed E-state index contributed by atoms with van der Waals surface area (Å²) in [7, 11) is 0. The lowest BCUT2D eigenvalue weighted by atomic mass is 10.1. The number of fused-ring (bicyclic) bond motifs is 1. The molecule has 0 unspecified atom stereocenters. The Morgan fingerprint density at radius 2 is 1.78 bits per heavy atom. The van der Waals surface area contributed by atoms with Gasteiger partial charge in [0.2, 0.25) is 0 Å². The zero-order valence-corrected chi connectivity index (χ0v) is 17.0. The summed E-state index contributed by atoms with van der Waals surface area (Å²) in [6, 6.07) is 19.0. The van der Waals surface area contributed by atoms with Gasteiger partial charge in [0, 0.05) is 21.5 Å². The van der Waals surface area contributed by atoms with Crippen LogP contribution in [0.2, 0.25) is 0 Å². The van der Waals surface area contributed by atoms with Gasteiger partial charge in [0.1, 0.15) is 0 Å². The smallest absolute Gasteiger partial charge is 0.188 e. The van der Waals surface area contributed by atoms with E-state index in [9.17, 15) is 0 Å². The lowest BCUT2D eigenvalue weighted by Crippen LogP contribution is -1.91. The molecule has 4 rings (SSSR count). The minimum Gasteiger partial charge on any atom is -0.231 e. The van der Waals surface area contributed by atoms with Crippen LogP contribution in [-0.4, -0.2) is 9.97 Å². The van der Waals surface area contributed by atoms with Gasteiger partial charge in [0.25, 0.3) is 0 Å². The number of rotatable bonds is 5. The Morgan fingerprint density at radius 3 is 2.63 bits per heavy atom. The van der Waals surface area contributed by atoms with Gasteiger partial charge < -0.3 is 0 Å². The van der Waals surface area contributed by atoms with E-state index in [0.29, 0.717) is 0 Å². The molecule has 0 spiro atoms. The van der Waals surface area contributed by atoms with Crippen LogP contribution in [0.1, 0.15) is 27.3 Å². The Bertz CT molecular complexity index is 1110. The molecule has 0 amide bonds. The highest BCUT2D eigenvalue weighted by molar-refractivity contribution is 7.98. The van der Waals surface area contributed by atoms with Crippen molar-refractivity contribution < 1.29 is 0 Å². The zero-order valence-electron chi connectivity index (χ0n) is 15.3. The normalized spacial score (nSPS) is 11.5. The number of hydrogen-bond donors (Lipinski definition) is 0. The highest BCUT2D eigenvalue weighted by Crippen LogP contribution is 2.31. The molecule has 134 valence electrons. The van der Waals surface area contributed by atoms with Crippen molar-refractivity contribution in [2.24, 2.45) is 0 Å². The van der Waals surface area contributed by atoms with Crippen LogP contribution >= 0.6 is 23.1 Å². The lowest BCUT2D eigenvalue weighted by molar-refractivity contribution is 0.957. The maximum atomic E-state index is 4.69. The van der Waals surface area contributed by atoms with Crippen LogP contribution in [0.15, 0.2) is 66.0 Å². The minimum atomic E-state index is 0.813. The molecule has 0 atom stereocenters. The number of benzene rings is 2. The molecule has 4 aromatic rings. The summed E-state index contributed by atoms with van der Waals surface area (Å²) in [6.07, 6.45) is 6.08. The minimum absolute atomic E-state index is 0.813. The van der Waals surface area contributed by atoms with Gasteiger partial charge in [-0.3, -0.25) is 0 Å². The molecule has 2 aromatic carbocycles. The third-order valence-electron chi connectivity index (χ3n) is 4.56. The van der Waals surface area contributed by atoms with E-state index in [4.69, 9.17) is 0 Å². The maximum Gasteiger partial charge on any atom is 0.188 e. The molecule has 0 saturated heterocycles. The molecule has 2 heterocycles. The highest BCUT2D eigenvalue weighted by Gasteiger charge is 2.06. The van der Waals surface area contributed by atoms with Crippen LogP contribution in [0.3, 0.4) is 0 Å². The summed E-state index contributed by atoms with van der Waals surface area (Å²) in [6.45, 7) is 4.32.